The highest BCUT2D eigenvalue weighted by atomic mass is 32.1. The molecule has 0 aliphatic rings. The Balaban J connectivity index is 1.93. The number of hydrogen-bond donors (Lipinski definition) is 3. The SMILES string of the molecule is CCc1cc2c(NCc3csc(=O)[nH]3)nc(N)nc2s1. The monoisotopic (exact) mass is 307 g/mol. The van der Waals surface area contributed by atoms with E-state index in [-0.39, 0.29) is 10.8 Å². The quantitative estimate of drug-likeness (QED) is 0.686. The summed E-state index contributed by atoms with van der Waals surface area (Å²) in [5.41, 5.74) is 6.57. The number of hydrogen-bond acceptors (Lipinski definition) is 7. The Kier molecular flexibility index (Phi) is 3.41. The average molecular weight is 307 g/mol. The highest BCUT2D eigenvalue weighted by molar-refractivity contribution is 7.18. The molecule has 0 aliphatic heterocycles. The van der Waals surface area contributed by atoms with Crippen molar-refractivity contribution in [1.82, 2.24) is 15.0 Å². The summed E-state index contributed by atoms with van der Waals surface area (Å²) in [5.74, 6) is 0.957. The first-order valence-electron chi connectivity index (χ1n) is 6.12. The molecule has 0 saturated heterocycles. The number of thiazole rings is 1. The van der Waals surface area contributed by atoms with Crippen molar-refractivity contribution in [3.8, 4) is 0 Å². The zero-order valence-corrected chi connectivity index (χ0v) is 12.4. The first-order chi connectivity index (χ1) is 9.65. The van der Waals surface area contributed by atoms with E-state index < -0.39 is 0 Å². The molecule has 0 spiro atoms. The topological polar surface area (TPSA) is 96.7 Å². The smallest absolute Gasteiger partial charge is 0.304 e. The van der Waals surface area contributed by atoms with E-state index in [0.29, 0.717) is 12.4 Å². The minimum Gasteiger partial charge on any atom is -0.368 e. The largest absolute Gasteiger partial charge is 0.368 e. The molecule has 0 amide bonds. The van der Waals surface area contributed by atoms with Gasteiger partial charge in [0.2, 0.25) is 5.95 Å². The van der Waals surface area contributed by atoms with Gasteiger partial charge in [0, 0.05) is 16.0 Å². The Morgan fingerprint density at radius 3 is 3.00 bits per heavy atom. The van der Waals surface area contributed by atoms with Crippen LogP contribution in [0.2, 0.25) is 0 Å². The molecule has 3 rings (SSSR count). The molecule has 3 aromatic rings. The highest BCUT2D eigenvalue weighted by Crippen LogP contribution is 2.29. The molecule has 8 heteroatoms. The van der Waals surface area contributed by atoms with Crippen molar-refractivity contribution in [2.45, 2.75) is 19.9 Å². The number of nitrogen functional groups attached to an aromatic ring is 1. The van der Waals surface area contributed by atoms with Crippen LogP contribution in [-0.4, -0.2) is 15.0 Å². The number of nitrogens with zero attached hydrogens (tertiary/aromatic N) is 2. The van der Waals surface area contributed by atoms with Crippen LogP contribution < -0.4 is 15.9 Å². The number of aromatic nitrogens is 3. The number of anilines is 2. The molecule has 4 N–H and O–H groups in total. The molecule has 0 aliphatic carbocycles. The van der Waals surface area contributed by atoms with Crippen LogP contribution in [0.3, 0.4) is 0 Å². The third-order valence-electron chi connectivity index (χ3n) is 2.83. The second kappa shape index (κ2) is 5.22. The lowest BCUT2D eigenvalue weighted by atomic mass is 10.3. The van der Waals surface area contributed by atoms with Crippen molar-refractivity contribution in [1.29, 1.82) is 0 Å². The summed E-state index contributed by atoms with van der Waals surface area (Å²) >= 11 is 2.77. The second-order valence-electron chi connectivity index (χ2n) is 4.24. The third-order valence-corrected chi connectivity index (χ3v) is 4.72. The minimum absolute atomic E-state index is 0.0575. The van der Waals surface area contributed by atoms with E-state index in [1.807, 2.05) is 0 Å². The lowest BCUT2D eigenvalue weighted by Gasteiger charge is -2.05. The van der Waals surface area contributed by atoms with E-state index in [0.717, 1.165) is 33.7 Å². The summed E-state index contributed by atoms with van der Waals surface area (Å²) in [5, 5.41) is 5.97. The van der Waals surface area contributed by atoms with Crippen LogP contribution >= 0.6 is 22.7 Å². The lowest BCUT2D eigenvalue weighted by molar-refractivity contribution is 1.04. The van der Waals surface area contributed by atoms with Crippen molar-refractivity contribution < 1.29 is 0 Å². The van der Waals surface area contributed by atoms with E-state index in [2.05, 4.69) is 33.3 Å². The Morgan fingerprint density at radius 2 is 2.30 bits per heavy atom. The predicted molar refractivity (Wildman–Crippen MR) is 83.5 cm³/mol. The fourth-order valence-electron chi connectivity index (χ4n) is 1.88. The van der Waals surface area contributed by atoms with Crippen LogP contribution in [0.15, 0.2) is 16.2 Å². The normalized spacial score (nSPS) is 11.1. The molecule has 6 nitrogen and oxygen atoms in total. The van der Waals surface area contributed by atoms with Crippen molar-refractivity contribution in [3.05, 3.63) is 31.7 Å². The fraction of sp³-hybridized carbons (Fsp3) is 0.250. The van der Waals surface area contributed by atoms with E-state index in [4.69, 9.17) is 5.73 Å². The average Bonchev–Trinajstić information content (AvgIpc) is 3.01. The van der Waals surface area contributed by atoms with Crippen molar-refractivity contribution >= 4 is 44.7 Å². The molecular weight excluding hydrogens is 294 g/mol. The number of fused-ring (bicyclic) bond motifs is 1. The van der Waals surface area contributed by atoms with Crippen LogP contribution in [0.1, 0.15) is 17.5 Å². The van der Waals surface area contributed by atoms with Gasteiger partial charge in [0.25, 0.3) is 0 Å². The van der Waals surface area contributed by atoms with Gasteiger partial charge in [-0.25, -0.2) is 4.98 Å². The van der Waals surface area contributed by atoms with Gasteiger partial charge in [-0.3, -0.25) is 4.79 Å². The summed E-state index contributed by atoms with van der Waals surface area (Å²) in [6.45, 7) is 2.60. The van der Waals surface area contributed by atoms with Gasteiger partial charge in [-0.1, -0.05) is 18.3 Å². The number of nitrogens with two attached hydrogens (primary N) is 1. The molecule has 20 heavy (non-hydrogen) atoms. The van der Waals surface area contributed by atoms with Gasteiger partial charge in [-0.05, 0) is 12.5 Å². The first-order valence-corrected chi connectivity index (χ1v) is 7.82. The molecule has 0 bridgehead atoms. The van der Waals surface area contributed by atoms with Gasteiger partial charge in [-0.2, -0.15) is 4.98 Å². The maximum absolute atomic E-state index is 11.1. The summed E-state index contributed by atoms with van der Waals surface area (Å²) in [6.07, 6.45) is 0.957. The third kappa shape index (κ3) is 2.52. The van der Waals surface area contributed by atoms with Crippen LogP contribution in [0.5, 0.6) is 0 Å². The van der Waals surface area contributed by atoms with Crippen molar-refractivity contribution in [2.24, 2.45) is 0 Å². The maximum atomic E-state index is 11.1. The molecule has 0 saturated carbocycles. The zero-order valence-electron chi connectivity index (χ0n) is 10.8. The van der Waals surface area contributed by atoms with E-state index >= 15 is 0 Å². The Hall–Kier alpha value is -1.93. The molecule has 0 aromatic carbocycles. The number of rotatable bonds is 4. The Bertz CT molecular complexity index is 804. The van der Waals surface area contributed by atoms with Gasteiger partial charge < -0.3 is 16.0 Å². The Labute approximate surface area is 122 Å². The molecule has 0 unspecified atom stereocenters. The second-order valence-corrected chi connectivity index (χ2v) is 6.20. The summed E-state index contributed by atoms with van der Waals surface area (Å²) in [4.78, 5) is 24.4. The van der Waals surface area contributed by atoms with E-state index in [1.165, 1.54) is 4.88 Å². The maximum Gasteiger partial charge on any atom is 0.304 e. The van der Waals surface area contributed by atoms with Crippen LogP contribution in [0.4, 0.5) is 11.8 Å². The first kappa shape index (κ1) is 13.1. The van der Waals surface area contributed by atoms with Crippen LogP contribution in [0.25, 0.3) is 10.2 Å². The van der Waals surface area contributed by atoms with E-state index in [1.54, 1.807) is 16.7 Å². The molecule has 0 radical (unpaired) electrons. The van der Waals surface area contributed by atoms with Gasteiger partial charge in [0.05, 0.1) is 11.9 Å². The number of nitrogens with one attached hydrogen (secondary N) is 2. The summed E-state index contributed by atoms with van der Waals surface area (Å²) < 4.78 is 0. The van der Waals surface area contributed by atoms with Crippen molar-refractivity contribution in [2.75, 3.05) is 11.1 Å². The van der Waals surface area contributed by atoms with Crippen LogP contribution in [0, 0.1) is 0 Å². The van der Waals surface area contributed by atoms with E-state index in [9.17, 15) is 4.79 Å². The zero-order chi connectivity index (χ0) is 14.1. The predicted octanol–water partition coefficient (Wildman–Crippen LogP) is 2.20. The van der Waals surface area contributed by atoms with Gasteiger partial charge >= 0.3 is 4.87 Å². The molecule has 3 aromatic heterocycles. The number of H-pyrrole nitrogens is 1. The number of thiophene rings is 1. The van der Waals surface area contributed by atoms with Gasteiger partial charge in [0.1, 0.15) is 10.6 Å². The standard InChI is InChI=1S/C12H13N5OS2/c1-2-7-3-8-9(16-11(13)17-10(8)20-7)14-4-6-5-19-12(18)15-6/h3,5H,2,4H2,1H3,(H,15,18)(H3,13,14,16,17). The lowest BCUT2D eigenvalue weighted by Crippen LogP contribution is -2.06. The van der Waals surface area contributed by atoms with Crippen LogP contribution in [-0.2, 0) is 13.0 Å². The van der Waals surface area contributed by atoms with Gasteiger partial charge in [-0.15, -0.1) is 11.3 Å². The number of aryl methyl sites for hydroxylation is 1. The molecule has 0 atom stereocenters. The molecular formula is C12H13N5OS2. The molecule has 0 fully saturated rings. The fourth-order valence-corrected chi connectivity index (χ4v) is 3.43. The molecule has 3 heterocycles. The number of aromatic amines is 1. The summed E-state index contributed by atoms with van der Waals surface area (Å²) in [6, 6.07) is 2.08. The van der Waals surface area contributed by atoms with Crippen molar-refractivity contribution in [3.63, 3.8) is 0 Å². The minimum atomic E-state index is -0.0575. The van der Waals surface area contributed by atoms with Gasteiger partial charge in [0.15, 0.2) is 0 Å². The molecule has 104 valence electrons. The summed E-state index contributed by atoms with van der Waals surface area (Å²) in [7, 11) is 0. The Morgan fingerprint density at radius 1 is 1.45 bits per heavy atom. The highest BCUT2D eigenvalue weighted by Gasteiger charge is 2.10.